The number of carbonyl (C=O) groups excluding carboxylic acids is 1. The van der Waals surface area contributed by atoms with Crippen molar-refractivity contribution in [3.8, 4) is 0 Å². The first kappa shape index (κ1) is 14.0. The van der Waals surface area contributed by atoms with Crippen molar-refractivity contribution in [2.24, 2.45) is 5.10 Å². The molecule has 5 heteroatoms. The molecule has 0 fully saturated rings. The highest BCUT2D eigenvalue weighted by Crippen LogP contribution is 2.17. The molecule has 0 unspecified atom stereocenters. The zero-order valence-corrected chi connectivity index (χ0v) is 10.9. The Kier molecular flexibility index (Phi) is 5.08. The number of aliphatic hydroxyl groups excluding tert-OH is 1. The normalized spacial score (nSPS) is 12.4. The number of hydrazone groups is 1. The van der Waals surface area contributed by atoms with Crippen LogP contribution in [0.4, 0.5) is 0 Å². The first-order chi connectivity index (χ1) is 9.75. The summed E-state index contributed by atoms with van der Waals surface area (Å²) in [6, 6.07) is 12.7. The lowest BCUT2D eigenvalue weighted by Crippen LogP contribution is -2.18. The summed E-state index contributed by atoms with van der Waals surface area (Å²) < 4.78 is 5.03. The van der Waals surface area contributed by atoms with Crippen LogP contribution >= 0.6 is 0 Å². The van der Waals surface area contributed by atoms with E-state index < -0.39 is 6.10 Å². The van der Waals surface area contributed by atoms with Gasteiger partial charge in [0.15, 0.2) is 0 Å². The van der Waals surface area contributed by atoms with E-state index in [4.69, 9.17) is 4.42 Å². The largest absolute Gasteiger partial charge is 0.463 e. The maximum absolute atomic E-state index is 11.5. The number of benzene rings is 1. The van der Waals surface area contributed by atoms with Crippen molar-refractivity contribution in [1.29, 1.82) is 0 Å². The third-order valence-electron chi connectivity index (χ3n) is 2.75. The van der Waals surface area contributed by atoms with Gasteiger partial charge >= 0.3 is 0 Å². The van der Waals surface area contributed by atoms with Crippen LogP contribution in [0, 0.1) is 0 Å². The molecular weight excluding hydrogens is 256 g/mol. The van der Waals surface area contributed by atoms with Gasteiger partial charge in [0.1, 0.15) is 5.76 Å². The summed E-state index contributed by atoms with van der Waals surface area (Å²) in [5.41, 5.74) is 3.19. The van der Waals surface area contributed by atoms with Crippen molar-refractivity contribution >= 4 is 12.1 Å². The zero-order chi connectivity index (χ0) is 14.2. The predicted molar refractivity (Wildman–Crippen MR) is 75.1 cm³/mol. The summed E-state index contributed by atoms with van der Waals surface area (Å²) >= 11 is 0. The summed E-state index contributed by atoms with van der Waals surface area (Å²) in [7, 11) is 0. The summed E-state index contributed by atoms with van der Waals surface area (Å²) in [6.45, 7) is 0. The van der Waals surface area contributed by atoms with Crippen molar-refractivity contribution < 1.29 is 14.3 Å². The topological polar surface area (TPSA) is 74.8 Å². The van der Waals surface area contributed by atoms with Crippen LogP contribution in [0.3, 0.4) is 0 Å². The number of rotatable bonds is 6. The summed E-state index contributed by atoms with van der Waals surface area (Å²) in [5, 5.41) is 13.7. The number of nitrogens with zero attached hydrogens (tertiary/aromatic N) is 1. The van der Waals surface area contributed by atoms with Crippen molar-refractivity contribution in [3.05, 3.63) is 60.1 Å². The highest BCUT2D eigenvalue weighted by atomic mass is 16.3. The van der Waals surface area contributed by atoms with Gasteiger partial charge in [-0.2, -0.15) is 5.10 Å². The van der Waals surface area contributed by atoms with E-state index in [1.54, 1.807) is 12.1 Å². The molecule has 2 N–H and O–H groups in total. The minimum atomic E-state index is -0.643. The summed E-state index contributed by atoms with van der Waals surface area (Å²) in [5.74, 6) is 0.317. The van der Waals surface area contributed by atoms with Gasteiger partial charge < -0.3 is 9.52 Å². The van der Waals surface area contributed by atoms with Gasteiger partial charge in [-0.05, 0) is 24.1 Å². The summed E-state index contributed by atoms with van der Waals surface area (Å²) in [6.07, 6.45) is 2.86. The maximum atomic E-state index is 11.5. The fourth-order valence-electron chi connectivity index (χ4n) is 1.70. The third-order valence-corrected chi connectivity index (χ3v) is 2.75. The van der Waals surface area contributed by atoms with Gasteiger partial charge in [0.2, 0.25) is 5.91 Å². The Morgan fingerprint density at radius 2 is 2.10 bits per heavy atom. The van der Waals surface area contributed by atoms with Crippen LogP contribution in [0.2, 0.25) is 0 Å². The van der Waals surface area contributed by atoms with E-state index in [9.17, 15) is 9.90 Å². The van der Waals surface area contributed by atoms with E-state index >= 15 is 0 Å². The molecule has 0 aliphatic carbocycles. The van der Waals surface area contributed by atoms with Gasteiger partial charge in [0.25, 0.3) is 0 Å². The van der Waals surface area contributed by atoms with Crippen LogP contribution in [0.1, 0.15) is 30.3 Å². The highest BCUT2D eigenvalue weighted by Gasteiger charge is 2.09. The van der Waals surface area contributed by atoms with E-state index in [-0.39, 0.29) is 12.3 Å². The lowest BCUT2D eigenvalue weighted by Gasteiger charge is -2.09. The van der Waals surface area contributed by atoms with Crippen molar-refractivity contribution in [1.82, 2.24) is 5.43 Å². The molecule has 2 aromatic rings. The zero-order valence-electron chi connectivity index (χ0n) is 10.9. The molecule has 0 aliphatic rings. The Morgan fingerprint density at radius 1 is 1.30 bits per heavy atom. The second kappa shape index (κ2) is 7.25. The molecule has 0 spiro atoms. The van der Waals surface area contributed by atoms with Crippen LogP contribution < -0.4 is 5.43 Å². The number of carbonyl (C=O) groups is 1. The molecule has 5 nitrogen and oxygen atoms in total. The smallest absolute Gasteiger partial charge is 0.240 e. The molecule has 1 amide bonds. The molecule has 0 saturated heterocycles. The fraction of sp³-hybridized carbons (Fsp3) is 0.200. The minimum Gasteiger partial charge on any atom is -0.463 e. The lowest BCUT2D eigenvalue weighted by atomic mass is 10.1. The first-order valence-corrected chi connectivity index (χ1v) is 6.34. The monoisotopic (exact) mass is 272 g/mol. The first-order valence-electron chi connectivity index (χ1n) is 6.34. The molecule has 1 aromatic carbocycles. The Hall–Kier alpha value is -2.40. The Labute approximate surface area is 116 Å². The Morgan fingerprint density at radius 3 is 2.80 bits per heavy atom. The van der Waals surface area contributed by atoms with Gasteiger partial charge in [-0.15, -0.1) is 0 Å². The van der Waals surface area contributed by atoms with Gasteiger partial charge in [-0.1, -0.05) is 30.3 Å². The number of hydrogen-bond acceptors (Lipinski definition) is 4. The second-order valence-corrected chi connectivity index (χ2v) is 4.27. The molecule has 1 atom stereocenters. The Bertz CT molecular complexity index is 550. The average Bonchev–Trinajstić information content (AvgIpc) is 2.99. The second-order valence-electron chi connectivity index (χ2n) is 4.27. The molecule has 1 aromatic heterocycles. The van der Waals surface area contributed by atoms with E-state index in [1.165, 1.54) is 12.5 Å². The molecule has 20 heavy (non-hydrogen) atoms. The minimum absolute atomic E-state index is 0.200. The van der Waals surface area contributed by atoms with Crippen LogP contribution in [0.15, 0.2) is 58.2 Å². The highest BCUT2D eigenvalue weighted by molar-refractivity contribution is 5.80. The molecule has 1 heterocycles. The van der Waals surface area contributed by atoms with E-state index in [0.29, 0.717) is 12.2 Å². The lowest BCUT2D eigenvalue weighted by molar-refractivity contribution is -0.121. The third kappa shape index (κ3) is 4.37. The Balaban J connectivity index is 1.72. The van der Waals surface area contributed by atoms with Crippen LogP contribution in [-0.2, 0) is 4.79 Å². The van der Waals surface area contributed by atoms with E-state index in [0.717, 1.165) is 5.56 Å². The average molecular weight is 272 g/mol. The SMILES string of the molecule is O=C(CC[C@H](O)c1ccccc1)N/N=C\c1ccco1. The molecule has 0 radical (unpaired) electrons. The number of nitrogens with one attached hydrogen (secondary N) is 1. The molecule has 2 rings (SSSR count). The van der Waals surface area contributed by atoms with E-state index in [2.05, 4.69) is 10.5 Å². The molecule has 104 valence electrons. The van der Waals surface area contributed by atoms with Crippen LogP contribution in [-0.4, -0.2) is 17.2 Å². The summed E-state index contributed by atoms with van der Waals surface area (Å²) in [4.78, 5) is 11.5. The van der Waals surface area contributed by atoms with Crippen LogP contribution in [0.25, 0.3) is 0 Å². The number of furan rings is 1. The maximum Gasteiger partial charge on any atom is 0.240 e. The van der Waals surface area contributed by atoms with Gasteiger partial charge in [-0.25, -0.2) is 5.43 Å². The van der Waals surface area contributed by atoms with Crippen molar-refractivity contribution in [2.45, 2.75) is 18.9 Å². The molecule has 0 aliphatic heterocycles. The number of hydrogen-bond donors (Lipinski definition) is 2. The van der Waals surface area contributed by atoms with Crippen LogP contribution in [0.5, 0.6) is 0 Å². The fourth-order valence-corrected chi connectivity index (χ4v) is 1.70. The number of amides is 1. The molecule has 0 saturated carbocycles. The van der Waals surface area contributed by atoms with E-state index in [1.807, 2.05) is 30.3 Å². The molecule has 0 bridgehead atoms. The van der Waals surface area contributed by atoms with Gasteiger partial charge in [-0.3, -0.25) is 4.79 Å². The predicted octanol–water partition coefficient (Wildman–Crippen LogP) is 2.24. The molecular formula is C15H16N2O3. The van der Waals surface area contributed by atoms with Crippen molar-refractivity contribution in [2.75, 3.05) is 0 Å². The quantitative estimate of drug-likeness (QED) is 0.625. The number of aliphatic hydroxyl groups is 1. The van der Waals surface area contributed by atoms with Gasteiger partial charge in [0, 0.05) is 6.42 Å². The standard InChI is InChI=1S/C15H16N2O3/c18-14(12-5-2-1-3-6-12)8-9-15(19)17-16-11-13-7-4-10-20-13/h1-7,10-11,14,18H,8-9H2,(H,17,19)/b16-11-/t14-/m0/s1. The van der Waals surface area contributed by atoms with Gasteiger partial charge in [0.05, 0.1) is 18.6 Å². The van der Waals surface area contributed by atoms with Crippen molar-refractivity contribution in [3.63, 3.8) is 0 Å².